The first-order chi connectivity index (χ1) is 20.0. The number of carbonyl (C=O) groups is 3. The van der Waals surface area contributed by atoms with Crippen LogP contribution in [0.1, 0.15) is 30.0 Å². The molecule has 13 heteroatoms. The Labute approximate surface area is 257 Å². The standard InChI is InChI=1S/C22H24N2O8.C8H9Cl2N/c1-21(31)8-5-4-6-11(25)12(8)16(26)13-9(21)7-10-15(24(2)3)17(27)14(20(23)30)19(29)22(10,32)18(13)28;1-11-5-6-2-7(9)4-8(10)3-6/h4-6,9-10,15,25-26,29,31-32H,7H2,1-3H3,(H2,23,30);2-4,11H,5H2,1H3/t9-,10-,15-,21+,22-;/m0./s1. The monoisotopic (exact) mass is 633 g/mol. The van der Waals surface area contributed by atoms with Crippen LogP contribution < -0.4 is 11.1 Å². The zero-order valence-corrected chi connectivity index (χ0v) is 25.4. The van der Waals surface area contributed by atoms with Crippen LogP contribution in [0.2, 0.25) is 10.0 Å². The summed E-state index contributed by atoms with van der Waals surface area (Å²) >= 11 is 11.5. The second kappa shape index (κ2) is 11.6. The van der Waals surface area contributed by atoms with Crippen molar-refractivity contribution < 1.29 is 39.9 Å². The summed E-state index contributed by atoms with van der Waals surface area (Å²) in [6, 6.07) is 8.53. The van der Waals surface area contributed by atoms with Gasteiger partial charge in [-0.15, -0.1) is 0 Å². The summed E-state index contributed by atoms with van der Waals surface area (Å²) in [7, 11) is 4.89. The van der Waals surface area contributed by atoms with E-state index in [-0.39, 0.29) is 17.5 Å². The number of halogens is 2. The summed E-state index contributed by atoms with van der Waals surface area (Å²) in [4.78, 5) is 40.0. The number of rotatable bonds is 4. The van der Waals surface area contributed by atoms with Gasteiger partial charge in [-0.05, 0) is 69.9 Å². The molecule has 0 spiro atoms. The van der Waals surface area contributed by atoms with Crippen LogP contribution in [0, 0.1) is 11.8 Å². The molecule has 0 unspecified atom stereocenters. The molecule has 1 fully saturated rings. The number of benzene rings is 2. The number of aliphatic hydroxyl groups is 4. The number of Topliss-reactive ketones (excluding diaryl/α,β-unsaturated/α-hetero) is 2. The minimum atomic E-state index is -2.75. The molecule has 3 aliphatic rings. The van der Waals surface area contributed by atoms with Crippen LogP contribution in [0.15, 0.2) is 53.3 Å². The number of phenols is 1. The number of nitrogens with two attached hydrogens (primary N) is 1. The van der Waals surface area contributed by atoms with Gasteiger partial charge in [0.25, 0.3) is 5.91 Å². The number of ketones is 2. The van der Waals surface area contributed by atoms with Gasteiger partial charge < -0.3 is 36.6 Å². The minimum absolute atomic E-state index is 0.170. The van der Waals surface area contributed by atoms with E-state index in [0.717, 1.165) is 12.1 Å². The van der Waals surface area contributed by atoms with Crippen molar-refractivity contribution in [3.05, 3.63) is 80.0 Å². The Morgan fingerprint density at radius 2 is 1.70 bits per heavy atom. The Kier molecular flexibility index (Phi) is 8.73. The zero-order chi connectivity index (χ0) is 32.2. The molecule has 8 N–H and O–H groups in total. The Balaban J connectivity index is 0.000000324. The van der Waals surface area contributed by atoms with E-state index in [1.165, 1.54) is 44.1 Å². The third kappa shape index (κ3) is 5.20. The molecule has 0 radical (unpaired) electrons. The predicted molar refractivity (Wildman–Crippen MR) is 159 cm³/mol. The topological polar surface area (TPSA) is 194 Å². The van der Waals surface area contributed by atoms with E-state index in [0.29, 0.717) is 10.0 Å². The highest BCUT2D eigenvalue weighted by Crippen LogP contribution is 2.57. The molecule has 0 bridgehead atoms. The largest absolute Gasteiger partial charge is 0.508 e. The highest BCUT2D eigenvalue weighted by molar-refractivity contribution is 6.34. The van der Waals surface area contributed by atoms with E-state index < -0.39 is 75.0 Å². The molecular weight excluding hydrogens is 601 g/mol. The second-order valence-corrected chi connectivity index (χ2v) is 12.1. The van der Waals surface area contributed by atoms with Crippen LogP contribution in [0.3, 0.4) is 0 Å². The maximum absolute atomic E-state index is 13.7. The van der Waals surface area contributed by atoms with Gasteiger partial charge in [0.2, 0.25) is 5.78 Å². The van der Waals surface area contributed by atoms with Gasteiger partial charge in [0.15, 0.2) is 11.4 Å². The van der Waals surface area contributed by atoms with Gasteiger partial charge >= 0.3 is 0 Å². The van der Waals surface area contributed by atoms with E-state index >= 15 is 0 Å². The van der Waals surface area contributed by atoms with Gasteiger partial charge in [-0.25, -0.2) is 0 Å². The summed E-state index contributed by atoms with van der Waals surface area (Å²) in [5.74, 6) is -7.90. The van der Waals surface area contributed by atoms with Gasteiger partial charge in [-0.1, -0.05) is 35.3 Å². The Morgan fingerprint density at radius 1 is 1.09 bits per heavy atom. The van der Waals surface area contributed by atoms with E-state index in [1.54, 1.807) is 6.07 Å². The fourth-order valence-electron chi connectivity index (χ4n) is 6.42. The predicted octanol–water partition coefficient (Wildman–Crippen LogP) is 2.34. The van der Waals surface area contributed by atoms with Crippen molar-refractivity contribution in [3.63, 3.8) is 0 Å². The smallest absolute Gasteiger partial charge is 0.255 e. The number of nitrogens with one attached hydrogen (secondary N) is 1. The Hall–Kier alpha value is -3.45. The number of amides is 1. The average molecular weight is 635 g/mol. The second-order valence-electron chi connectivity index (χ2n) is 11.3. The molecule has 2 aromatic rings. The maximum Gasteiger partial charge on any atom is 0.255 e. The molecule has 2 aromatic carbocycles. The van der Waals surface area contributed by atoms with Gasteiger partial charge in [0.05, 0.1) is 17.2 Å². The molecule has 0 aromatic heterocycles. The highest BCUT2D eigenvalue weighted by Gasteiger charge is 2.66. The fourth-order valence-corrected chi connectivity index (χ4v) is 6.99. The van der Waals surface area contributed by atoms with Crippen molar-refractivity contribution in [2.45, 2.75) is 37.1 Å². The van der Waals surface area contributed by atoms with E-state index in [4.69, 9.17) is 28.9 Å². The number of nitrogens with zero attached hydrogens (tertiary/aromatic N) is 1. The number of phenolic OH excluding ortho intramolecular Hbond substituents is 1. The molecule has 43 heavy (non-hydrogen) atoms. The number of aliphatic hydroxyl groups excluding tert-OH is 2. The van der Waals surface area contributed by atoms with Crippen LogP contribution in [0.25, 0.3) is 5.76 Å². The molecule has 1 saturated carbocycles. The maximum atomic E-state index is 13.7. The molecule has 1 amide bonds. The van der Waals surface area contributed by atoms with E-state index in [2.05, 4.69) is 5.32 Å². The SMILES string of the molecule is CN(C)[C@@H]1C(=O)C(C(N)=O)=C(O)[C@@]2(O)C(=O)C3=C(O)c4c(O)cccc4[C@@](C)(O)[C@H]3C[C@@H]12.CNCc1cc(Cl)cc(Cl)c1. The quantitative estimate of drug-likeness (QED) is 0.246. The summed E-state index contributed by atoms with van der Waals surface area (Å²) in [6.07, 6.45) is -0.200. The van der Waals surface area contributed by atoms with Crippen molar-refractivity contribution in [1.29, 1.82) is 0 Å². The average Bonchev–Trinajstić information content (AvgIpc) is 2.89. The number of aromatic hydroxyl groups is 1. The number of primary amides is 1. The van der Waals surface area contributed by atoms with Gasteiger partial charge in [-0.2, -0.15) is 0 Å². The van der Waals surface area contributed by atoms with Crippen molar-refractivity contribution in [1.82, 2.24) is 10.2 Å². The summed E-state index contributed by atoms with van der Waals surface area (Å²) in [5, 5.41) is 59.3. The molecular formula is C30H33Cl2N3O8. The van der Waals surface area contributed by atoms with Crippen LogP contribution >= 0.6 is 23.2 Å². The van der Waals surface area contributed by atoms with Gasteiger partial charge in [-0.3, -0.25) is 19.3 Å². The number of hydrogen-bond acceptors (Lipinski definition) is 10. The number of fused-ring (bicyclic) bond motifs is 3. The van der Waals surface area contributed by atoms with Crippen molar-refractivity contribution in [3.8, 4) is 5.75 Å². The van der Waals surface area contributed by atoms with Crippen molar-refractivity contribution >= 4 is 46.4 Å². The van der Waals surface area contributed by atoms with Gasteiger partial charge in [0, 0.05) is 34.0 Å². The fraction of sp³-hybridized carbons (Fsp3) is 0.367. The highest BCUT2D eigenvalue weighted by atomic mass is 35.5. The lowest BCUT2D eigenvalue weighted by Gasteiger charge is -2.53. The normalized spacial score (nSPS) is 28.2. The molecule has 5 rings (SSSR count). The first kappa shape index (κ1) is 32.5. The third-order valence-electron chi connectivity index (χ3n) is 8.32. The number of likely N-dealkylation sites (N-methyl/N-ethyl adjacent to an activating group) is 1. The lowest BCUT2D eigenvalue weighted by molar-refractivity contribution is -0.159. The molecule has 0 heterocycles. The van der Waals surface area contributed by atoms with E-state index in [1.807, 2.05) is 19.2 Å². The van der Waals surface area contributed by atoms with Crippen LogP contribution in [0.5, 0.6) is 5.75 Å². The third-order valence-corrected chi connectivity index (χ3v) is 8.76. The molecule has 230 valence electrons. The first-order valence-electron chi connectivity index (χ1n) is 13.3. The van der Waals surface area contributed by atoms with Crippen molar-refractivity contribution in [2.24, 2.45) is 17.6 Å². The van der Waals surface area contributed by atoms with Crippen LogP contribution in [-0.4, -0.2) is 80.7 Å². The number of carbonyl (C=O) groups excluding carboxylic acids is 3. The zero-order valence-electron chi connectivity index (χ0n) is 23.9. The van der Waals surface area contributed by atoms with Crippen molar-refractivity contribution in [2.75, 3.05) is 21.1 Å². The molecule has 0 saturated heterocycles. The summed E-state index contributed by atoms with van der Waals surface area (Å²) < 4.78 is 0. The number of hydrogen-bond donors (Lipinski definition) is 7. The van der Waals surface area contributed by atoms with Crippen LogP contribution in [0.4, 0.5) is 0 Å². The molecule has 5 atom stereocenters. The lowest BCUT2D eigenvalue weighted by atomic mass is 9.54. The molecule has 3 aliphatic carbocycles. The summed E-state index contributed by atoms with van der Waals surface area (Å²) in [6.45, 7) is 2.19. The Morgan fingerprint density at radius 3 is 2.23 bits per heavy atom. The van der Waals surface area contributed by atoms with Gasteiger partial charge in [0.1, 0.15) is 22.8 Å². The minimum Gasteiger partial charge on any atom is -0.508 e. The molecule has 11 nitrogen and oxygen atoms in total. The van der Waals surface area contributed by atoms with E-state index in [9.17, 15) is 39.9 Å². The molecule has 0 aliphatic heterocycles. The lowest BCUT2D eigenvalue weighted by Crippen LogP contribution is -2.67. The first-order valence-corrected chi connectivity index (χ1v) is 14.0. The van der Waals surface area contributed by atoms with Crippen LogP contribution in [-0.2, 0) is 26.5 Å². The Bertz CT molecular complexity index is 1560. The summed E-state index contributed by atoms with van der Waals surface area (Å²) in [5.41, 5.74) is 0.554.